The molecule has 0 saturated heterocycles. The smallest absolute Gasteiger partial charge is 0.140 e. The number of hydrogen-bond donors (Lipinski definition) is 1. The molecule has 1 rings (SSSR count). The maximum atomic E-state index is 12.8. The first kappa shape index (κ1) is 9.69. The number of nitrogens with zero attached hydrogens (tertiary/aromatic N) is 1. The van der Waals surface area contributed by atoms with Crippen molar-refractivity contribution in [3.05, 3.63) is 35.1 Å². The lowest BCUT2D eigenvalue weighted by molar-refractivity contribution is 0.288. The molecule has 0 unspecified atom stereocenters. The summed E-state index contributed by atoms with van der Waals surface area (Å²) in [6, 6.07) is 6.21. The molecule has 0 atom stereocenters. The lowest BCUT2D eigenvalue weighted by atomic mass is 10.1. The van der Waals surface area contributed by atoms with E-state index < -0.39 is 5.82 Å². The molecule has 0 aliphatic carbocycles. The highest BCUT2D eigenvalue weighted by Gasteiger charge is 2.01. The van der Waals surface area contributed by atoms with Crippen molar-refractivity contribution in [2.45, 2.75) is 12.8 Å². The van der Waals surface area contributed by atoms with Crippen molar-refractivity contribution >= 4 is 0 Å². The number of benzene rings is 1. The van der Waals surface area contributed by atoms with Gasteiger partial charge in [0.25, 0.3) is 0 Å². The predicted molar refractivity (Wildman–Crippen MR) is 46.5 cm³/mol. The topological polar surface area (TPSA) is 44.0 Å². The monoisotopic (exact) mass is 179 g/mol. The van der Waals surface area contributed by atoms with E-state index in [4.69, 9.17) is 10.4 Å². The summed E-state index contributed by atoms with van der Waals surface area (Å²) >= 11 is 0. The largest absolute Gasteiger partial charge is 0.396 e. The first-order chi connectivity index (χ1) is 6.27. The van der Waals surface area contributed by atoms with Crippen LogP contribution in [-0.2, 0) is 6.42 Å². The van der Waals surface area contributed by atoms with Gasteiger partial charge in [-0.2, -0.15) is 5.26 Å². The molecule has 1 aromatic carbocycles. The summed E-state index contributed by atoms with van der Waals surface area (Å²) in [6.07, 6.45) is 1.31. The zero-order chi connectivity index (χ0) is 9.68. The van der Waals surface area contributed by atoms with Gasteiger partial charge in [-0.25, -0.2) is 4.39 Å². The highest BCUT2D eigenvalue weighted by atomic mass is 19.1. The summed E-state index contributed by atoms with van der Waals surface area (Å²) in [7, 11) is 0. The minimum atomic E-state index is -0.491. The molecule has 0 fully saturated rings. The molecule has 1 N–H and O–H groups in total. The van der Waals surface area contributed by atoms with Crippen molar-refractivity contribution in [1.29, 1.82) is 5.26 Å². The summed E-state index contributed by atoms with van der Waals surface area (Å²) in [6.45, 7) is 0.110. The van der Waals surface area contributed by atoms with Gasteiger partial charge in [-0.1, -0.05) is 6.07 Å². The third-order valence-corrected chi connectivity index (χ3v) is 1.77. The molecule has 68 valence electrons. The van der Waals surface area contributed by atoms with Crippen molar-refractivity contribution in [3.8, 4) is 6.07 Å². The van der Waals surface area contributed by atoms with Crippen molar-refractivity contribution in [2.75, 3.05) is 6.61 Å². The van der Waals surface area contributed by atoms with Gasteiger partial charge in [0.15, 0.2) is 0 Å². The molecule has 0 aliphatic heterocycles. The van der Waals surface area contributed by atoms with E-state index in [0.717, 1.165) is 5.56 Å². The third-order valence-electron chi connectivity index (χ3n) is 1.77. The number of aliphatic hydroxyl groups excluding tert-OH is 1. The first-order valence-corrected chi connectivity index (χ1v) is 4.07. The summed E-state index contributed by atoms with van der Waals surface area (Å²) in [5.74, 6) is -0.491. The average Bonchev–Trinajstić information content (AvgIpc) is 2.16. The minimum absolute atomic E-state index is 0.0652. The summed E-state index contributed by atoms with van der Waals surface area (Å²) < 4.78 is 12.8. The lowest BCUT2D eigenvalue weighted by Crippen LogP contribution is -1.92. The number of hydrogen-bond acceptors (Lipinski definition) is 2. The molecule has 0 aliphatic rings. The Morgan fingerprint density at radius 1 is 1.46 bits per heavy atom. The highest BCUT2D eigenvalue weighted by Crippen LogP contribution is 2.10. The number of nitriles is 1. The van der Waals surface area contributed by atoms with E-state index >= 15 is 0 Å². The second kappa shape index (κ2) is 4.58. The Hall–Kier alpha value is -1.40. The molecule has 0 aromatic heterocycles. The van der Waals surface area contributed by atoms with Gasteiger partial charge in [0.05, 0.1) is 5.56 Å². The maximum absolute atomic E-state index is 12.8. The van der Waals surface area contributed by atoms with Crippen LogP contribution < -0.4 is 0 Å². The summed E-state index contributed by atoms with van der Waals surface area (Å²) in [5.41, 5.74) is 0.947. The van der Waals surface area contributed by atoms with Crippen LogP contribution in [0, 0.1) is 17.1 Å². The van der Waals surface area contributed by atoms with Crippen LogP contribution in [0.25, 0.3) is 0 Å². The zero-order valence-corrected chi connectivity index (χ0v) is 7.13. The number of rotatable bonds is 3. The van der Waals surface area contributed by atoms with Crippen molar-refractivity contribution in [1.82, 2.24) is 0 Å². The Bertz CT molecular complexity index is 330. The quantitative estimate of drug-likeness (QED) is 0.766. The Morgan fingerprint density at radius 2 is 2.23 bits per heavy atom. The maximum Gasteiger partial charge on any atom is 0.140 e. The molecule has 0 spiro atoms. The van der Waals surface area contributed by atoms with Crippen LogP contribution in [0.4, 0.5) is 4.39 Å². The Labute approximate surface area is 76.2 Å². The highest BCUT2D eigenvalue weighted by molar-refractivity contribution is 5.34. The fourth-order valence-electron chi connectivity index (χ4n) is 1.10. The molecule has 0 heterocycles. The van der Waals surface area contributed by atoms with Gasteiger partial charge in [-0.05, 0) is 30.5 Å². The molecule has 0 amide bonds. The van der Waals surface area contributed by atoms with Gasteiger partial charge in [0.1, 0.15) is 11.9 Å². The molecule has 0 bridgehead atoms. The second-order valence-electron chi connectivity index (χ2n) is 2.75. The Kier molecular flexibility index (Phi) is 3.41. The second-order valence-corrected chi connectivity index (χ2v) is 2.75. The van der Waals surface area contributed by atoms with Gasteiger partial charge >= 0.3 is 0 Å². The van der Waals surface area contributed by atoms with E-state index in [-0.39, 0.29) is 12.2 Å². The van der Waals surface area contributed by atoms with E-state index in [2.05, 4.69) is 0 Å². The third kappa shape index (κ3) is 2.53. The summed E-state index contributed by atoms with van der Waals surface area (Å²) in [4.78, 5) is 0. The molecule has 13 heavy (non-hydrogen) atoms. The van der Waals surface area contributed by atoms with Crippen molar-refractivity contribution in [3.63, 3.8) is 0 Å². The van der Waals surface area contributed by atoms with Crippen LogP contribution in [0.5, 0.6) is 0 Å². The SMILES string of the molecule is N#Cc1cc(CCCO)ccc1F. The first-order valence-electron chi connectivity index (χ1n) is 4.07. The predicted octanol–water partition coefficient (Wildman–Crippen LogP) is 1.62. The van der Waals surface area contributed by atoms with E-state index in [1.54, 1.807) is 12.1 Å². The molecule has 2 nitrogen and oxygen atoms in total. The summed E-state index contributed by atoms with van der Waals surface area (Å²) in [5, 5.41) is 17.1. The number of aryl methyl sites for hydroxylation is 1. The molecular weight excluding hydrogens is 169 g/mol. The van der Waals surface area contributed by atoms with Crippen LogP contribution >= 0.6 is 0 Å². The zero-order valence-electron chi connectivity index (χ0n) is 7.13. The van der Waals surface area contributed by atoms with E-state index in [1.165, 1.54) is 12.1 Å². The standard InChI is InChI=1S/C10H10FNO/c11-10-4-3-8(2-1-5-13)6-9(10)7-12/h3-4,6,13H,1-2,5H2. The van der Waals surface area contributed by atoms with Gasteiger partial charge in [-0.3, -0.25) is 0 Å². The van der Waals surface area contributed by atoms with Crippen molar-refractivity contribution < 1.29 is 9.50 Å². The fraction of sp³-hybridized carbons (Fsp3) is 0.300. The Balaban J connectivity index is 2.82. The van der Waals surface area contributed by atoms with Crippen LogP contribution in [0.2, 0.25) is 0 Å². The van der Waals surface area contributed by atoms with Gasteiger partial charge in [0.2, 0.25) is 0 Å². The van der Waals surface area contributed by atoms with Crippen LogP contribution in [0.15, 0.2) is 18.2 Å². The van der Waals surface area contributed by atoms with Crippen molar-refractivity contribution in [2.24, 2.45) is 0 Å². The Morgan fingerprint density at radius 3 is 2.85 bits per heavy atom. The fourth-order valence-corrected chi connectivity index (χ4v) is 1.10. The molecule has 3 heteroatoms. The molecular formula is C10H10FNO. The van der Waals surface area contributed by atoms with E-state index in [9.17, 15) is 4.39 Å². The normalized spacial score (nSPS) is 9.62. The van der Waals surface area contributed by atoms with Crippen LogP contribution in [0.3, 0.4) is 0 Å². The van der Waals surface area contributed by atoms with Crippen LogP contribution in [-0.4, -0.2) is 11.7 Å². The van der Waals surface area contributed by atoms with Gasteiger partial charge in [-0.15, -0.1) is 0 Å². The van der Waals surface area contributed by atoms with Gasteiger partial charge < -0.3 is 5.11 Å². The van der Waals surface area contributed by atoms with Crippen LogP contribution in [0.1, 0.15) is 17.5 Å². The van der Waals surface area contributed by atoms with Gasteiger partial charge in [0, 0.05) is 6.61 Å². The van der Waals surface area contributed by atoms with E-state index in [1.807, 2.05) is 0 Å². The number of aliphatic hydroxyl groups is 1. The number of halogens is 1. The molecule has 1 aromatic rings. The molecule has 0 saturated carbocycles. The lowest BCUT2D eigenvalue weighted by Gasteiger charge is -2.00. The minimum Gasteiger partial charge on any atom is -0.396 e. The molecule has 0 radical (unpaired) electrons. The van der Waals surface area contributed by atoms with E-state index in [0.29, 0.717) is 12.8 Å². The average molecular weight is 179 g/mol.